The van der Waals surface area contributed by atoms with Crippen LogP contribution in [0.1, 0.15) is 70.2 Å². The van der Waals surface area contributed by atoms with Gasteiger partial charge in [-0.3, -0.25) is 14.6 Å². The molecule has 0 amide bonds. The fourth-order valence-electron chi connectivity index (χ4n) is 2.12. The third-order valence-corrected chi connectivity index (χ3v) is 3.42. The van der Waals surface area contributed by atoms with Crippen LogP contribution in [0.3, 0.4) is 0 Å². The molecule has 0 N–H and O–H groups in total. The summed E-state index contributed by atoms with van der Waals surface area (Å²) >= 11 is 0. The fraction of sp³-hybridized carbons (Fsp3) is 0.609. The van der Waals surface area contributed by atoms with Crippen molar-refractivity contribution >= 4 is 17.3 Å². The minimum atomic E-state index is 0. The van der Waals surface area contributed by atoms with Gasteiger partial charge < -0.3 is 4.90 Å². The third kappa shape index (κ3) is 13.8. The van der Waals surface area contributed by atoms with Crippen molar-refractivity contribution in [3.05, 3.63) is 36.6 Å². The average molecular weight is 379 g/mol. The summed E-state index contributed by atoms with van der Waals surface area (Å²) in [4.78, 5) is 28.5. The number of ketones is 2. The molecule has 0 saturated carbocycles. The molecule has 0 aliphatic heterocycles. The highest BCUT2D eigenvalue weighted by molar-refractivity contribution is 6.16. The van der Waals surface area contributed by atoms with Gasteiger partial charge in [0.25, 0.3) is 0 Å². The second-order valence-electron chi connectivity index (χ2n) is 7.22. The Morgan fingerprint density at radius 1 is 0.889 bits per heavy atom. The predicted molar refractivity (Wildman–Crippen MR) is 120 cm³/mol. The van der Waals surface area contributed by atoms with Gasteiger partial charge in [0.15, 0.2) is 11.6 Å². The number of aliphatic imine (C=N–C) groups is 1. The summed E-state index contributed by atoms with van der Waals surface area (Å²) in [6, 6.07) is 1.16. The summed E-state index contributed by atoms with van der Waals surface area (Å²) in [6.07, 6.45) is 10.1. The summed E-state index contributed by atoms with van der Waals surface area (Å²) in [5, 5.41) is 0. The molecule has 4 nitrogen and oxygen atoms in total. The molecule has 0 heterocycles. The Bertz CT molecular complexity index is 525. The molecule has 0 aromatic rings. The molecule has 1 aliphatic rings. The Kier molecular flexibility index (Phi) is 16.7. The normalized spacial score (nSPS) is 12.9. The molecule has 0 fully saturated rings. The Morgan fingerprint density at radius 3 is 1.67 bits per heavy atom. The van der Waals surface area contributed by atoms with Crippen LogP contribution in [0, 0.1) is 5.92 Å². The molecule has 1 rings (SSSR count). The van der Waals surface area contributed by atoms with Crippen LogP contribution in [0.5, 0.6) is 0 Å². The molecule has 0 atom stereocenters. The maximum absolute atomic E-state index is 11.4. The first-order chi connectivity index (χ1) is 11.5. The van der Waals surface area contributed by atoms with Crippen molar-refractivity contribution in [1.29, 1.82) is 0 Å². The SMILES string of the molecule is C.C.CC(C)C(=O)C=CN(C(C)C)C(C)C.CC(C)N=C1C=CC(=O)C=C1. The third-order valence-electron chi connectivity index (χ3n) is 3.42. The molecule has 0 bridgehead atoms. The first kappa shape index (κ1) is 29.8. The first-order valence-corrected chi connectivity index (χ1v) is 9.02. The van der Waals surface area contributed by atoms with E-state index in [1.54, 1.807) is 18.2 Å². The van der Waals surface area contributed by atoms with Gasteiger partial charge in [0.05, 0.1) is 5.71 Å². The number of hydrogen-bond donors (Lipinski definition) is 0. The number of allylic oxidation sites excluding steroid dienone is 5. The van der Waals surface area contributed by atoms with Crippen molar-refractivity contribution in [3.63, 3.8) is 0 Å². The van der Waals surface area contributed by atoms with Crippen LogP contribution < -0.4 is 0 Å². The van der Waals surface area contributed by atoms with Gasteiger partial charge in [0.1, 0.15) is 0 Å². The quantitative estimate of drug-likeness (QED) is 0.443. The van der Waals surface area contributed by atoms with Crippen LogP contribution >= 0.6 is 0 Å². The number of nitrogens with zero attached hydrogens (tertiary/aromatic N) is 2. The van der Waals surface area contributed by atoms with E-state index in [2.05, 4.69) is 37.6 Å². The molecular weight excluding hydrogens is 336 g/mol. The summed E-state index contributed by atoms with van der Waals surface area (Å²) in [5.74, 6) is 0.316. The Balaban J connectivity index is -0.000000405. The molecule has 0 aromatic heterocycles. The van der Waals surface area contributed by atoms with Crippen molar-refractivity contribution in [3.8, 4) is 0 Å². The highest BCUT2D eigenvalue weighted by Gasteiger charge is 2.09. The van der Waals surface area contributed by atoms with Gasteiger partial charge in [-0.1, -0.05) is 28.7 Å². The van der Waals surface area contributed by atoms with Crippen LogP contribution in [0.25, 0.3) is 0 Å². The van der Waals surface area contributed by atoms with Crippen molar-refractivity contribution in [2.24, 2.45) is 10.9 Å². The summed E-state index contributed by atoms with van der Waals surface area (Å²) in [6.45, 7) is 16.4. The van der Waals surface area contributed by atoms with Gasteiger partial charge in [-0.15, -0.1) is 0 Å². The van der Waals surface area contributed by atoms with E-state index in [9.17, 15) is 9.59 Å². The van der Waals surface area contributed by atoms with Crippen molar-refractivity contribution in [2.45, 2.75) is 88.4 Å². The number of rotatable bonds is 6. The summed E-state index contributed by atoms with van der Waals surface area (Å²) in [5.41, 5.74) is 0.875. The van der Waals surface area contributed by atoms with Gasteiger partial charge >= 0.3 is 0 Å². The van der Waals surface area contributed by atoms with E-state index in [1.165, 1.54) is 12.2 Å². The van der Waals surface area contributed by atoms with E-state index in [1.807, 2.05) is 33.9 Å². The Morgan fingerprint density at radius 2 is 1.33 bits per heavy atom. The molecule has 0 radical (unpaired) electrons. The largest absolute Gasteiger partial charge is 0.372 e. The lowest BCUT2D eigenvalue weighted by atomic mass is 10.1. The standard InChI is InChI=1S/C12H23NO.C9H11NO.2CH4/c1-9(2)12(14)7-8-13(10(3)4)11(5)6;1-7(2)10-8-3-5-9(11)6-4-8;;/h7-11H,1-6H3;3-7H,1-2H3;2*1H4. The maximum Gasteiger partial charge on any atom is 0.178 e. The van der Waals surface area contributed by atoms with E-state index in [0.717, 1.165) is 5.71 Å². The highest BCUT2D eigenvalue weighted by Crippen LogP contribution is 2.06. The average Bonchev–Trinajstić information content (AvgIpc) is 2.49. The van der Waals surface area contributed by atoms with E-state index >= 15 is 0 Å². The van der Waals surface area contributed by atoms with Crippen LogP contribution in [-0.2, 0) is 9.59 Å². The summed E-state index contributed by atoms with van der Waals surface area (Å²) in [7, 11) is 0. The van der Waals surface area contributed by atoms with E-state index in [4.69, 9.17) is 0 Å². The van der Waals surface area contributed by atoms with Gasteiger partial charge in [-0.25, -0.2) is 0 Å². The van der Waals surface area contributed by atoms with Gasteiger partial charge in [-0.05, 0) is 71.9 Å². The zero-order chi connectivity index (χ0) is 19.6. The predicted octanol–water partition coefficient (Wildman–Crippen LogP) is 5.65. The van der Waals surface area contributed by atoms with Crippen LogP contribution in [0.4, 0.5) is 0 Å². The number of carbonyl (C=O) groups is 2. The maximum atomic E-state index is 11.4. The topological polar surface area (TPSA) is 49.7 Å². The number of carbonyl (C=O) groups excluding carboxylic acids is 2. The monoisotopic (exact) mass is 378 g/mol. The van der Waals surface area contributed by atoms with Crippen molar-refractivity contribution in [1.82, 2.24) is 4.90 Å². The minimum absolute atomic E-state index is 0. The Labute approximate surface area is 168 Å². The van der Waals surface area contributed by atoms with Crippen LogP contribution in [-0.4, -0.2) is 40.3 Å². The summed E-state index contributed by atoms with van der Waals surface area (Å²) < 4.78 is 0. The molecule has 0 unspecified atom stereocenters. The first-order valence-electron chi connectivity index (χ1n) is 9.02. The van der Waals surface area contributed by atoms with E-state index in [-0.39, 0.29) is 38.4 Å². The molecule has 0 aromatic carbocycles. The van der Waals surface area contributed by atoms with Crippen LogP contribution in [0.15, 0.2) is 41.6 Å². The number of hydrogen-bond acceptors (Lipinski definition) is 4. The molecular formula is C23H42N2O2. The zero-order valence-electron chi connectivity index (χ0n) is 17.0. The molecule has 156 valence electrons. The highest BCUT2D eigenvalue weighted by atomic mass is 16.1. The van der Waals surface area contributed by atoms with Crippen LogP contribution in [0.2, 0.25) is 0 Å². The van der Waals surface area contributed by atoms with E-state index < -0.39 is 0 Å². The molecule has 0 spiro atoms. The van der Waals surface area contributed by atoms with Crippen molar-refractivity contribution < 1.29 is 9.59 Å². The smallest absolute Gasteiger partial charge is 0.178 e. The minimum Gasteiger partial charge on any atom is -0.372 e. The zero-order valence-corrected chi connectivity index (χ0v) is 17.0. The fourth-order valence-corrected chi connectivity index (χ4v) is 2.12. The van der Waals surface area contributed by atoms with Gasteiger partial charge in [0.2, 0.25) is 0 Å². The second-order valence-corrected chi connectivity index (χ2v) is 7.22. The molecule has 0 saturated heterocycles. The Hall–Kier alpha value is -1.97. The van der Waals surface area contributed by atoms with Crippen molar-refractivity contribution in [2.75, 3.05) is 0 Å². The lowest BCUT2D eigenvalue weighted by molar-refractivity contribution is -0.117. The van der Waals surface area contributed by atoms with Gasteiger partial charge in [0, 0.05) is 30.2 Å². The second kappa shape index (κ2) is 15.1. The van der Waals surface area contributed by atoms with E-state index in [0.29, 0.717) is 12.1 Å². The molecule has 1 aliphatic carbocycles. The molecule has 4 heteroatoms. The van der Waals surface area contributed by atoms with Gasteiger partial charge in [-0.2, -0.15) is 0 Å². The molecule has 27 heavy (non-hydrogen) atoms. The lowest BCUT2D eigenvalue weighted by Gasteiger charge is -2.29. The lowest BCUT2D eigenvalue weighted by Crippen LogP contribution is -2.32.